The molecule has 0 spiro atoms. The lowest BCUT2D eigenvalue weighted by molar-refractivity contribution is 0.317. The summed E-state index contributed by atoms with van der Waals surface area (Å²) in [7, 11) is 0. The van der Waals surface area contributed by atoms with Gasteiger partial charge < -0.3 is 4.74 Å². The van der Waals surface area contributed by atoms with Crippen LogP contribution in [0.1, 0.15) is 13.3 Å². The highest BCUT2D eigenvalue weighted by molar-refractivity contribution is 6.32. The first-order valence-electron chi connectivity index (χ1n) is 8.86. The van der Waals surface area contributed by atoms with Crippen molar-refractivity contribution < 1.29 is 4.74 Å². The summed E-state index contributed by atoms with van der Waals surface area (Å²) >= 11 is 6.36. The highest BCUT2D eigenvalue weighted by atomic mass is 35.5. The summed E-state index contributed by atoms with van der Waals surface area (Å²) in [4.78, 5) is 13.8. The number of hydrogen-bond acceptors (Lipinski definition) is 4. The van der Waals surface area contributed by atoms with Gasteiger partial charge in [-0.05, 0) is 42.8 Å². The van der Waals surface area contributed by atoms with Gasteiger partial charge in [0.15, 0.2) is 5.82 Å². The molecule has 2 heterocycles. The molecule has 0 unspecified atom stereocenters. The fraction of sp³-hybridized carbons (Fsp3) is 0.136. The van der Waals surface area contributed by atoms with Gasteiger partial charge in [-0.1, -0.05) is 42.8 Å². The van der Waals surface area contributed by atoms with Gasteiger partial charge in [0, 0.05) is 17.1 Å². The maximum atomic E-state index is 6.36. The Balaban J connectivity index is 1.68. The van der Waals surface area contributed by atoms with Crippen LogP contribution >= 0.6 is 11.6 Å². The second-order valence-corrected chi connectivity index (χ2v) is 6.56. The standard InChI is InChI=1S/C22H18ClN3O/c1-2-12-27-21-11-10-15(13-17(21)23)18-8-5-9-20(25-18)22-24-14-16-6-3-4-7-19(16)26-22/h3-11,13-14H,2,12H2,1H3. The predicted octanol–water partition coefficient (Wildman–Crippen LogP) is 5.80. The Morgan fingerprint density at radius 3 is 2.63 bits per heavy atom. The first-order valence-corrected chi connectivity index (χ1v) is 9.24. The lowest BCUT2D eigenvalue weighted by Crippen LogP contribution is -1.96. The lowest BCUT2D eigenvalue weighted by atomic mass is 10.1. The van der Waals surface area contributed by atoms with E-state index < -0.39 is 0 Å². The van der Waals surface area contributed by atoms with Gasteiger partial charge in [0.1, 0.15) is 11.4 Å². The number of rotatable bonds is 5. The van der Waals surface area contributed by atoms with Crippen molar-refractivity contribution >= 4 is 22.5 Å². The van der Waals surface area contributed by atoms with Gasteiger partial charge in [-0.15, -0.1) is 0 Å². The summed E-state index contributed by atoms with van der Waals surface area (Å²) in [6.45, 7) is 2.71. The fourth-order valence-corrected chi connectivity index (χ4v) is 3.04. The zero-order chi connectivity index (χ0) is 18.6. The largest absolute Gasteiger partial charge is 0.492 e. The summed E-state index contributed by atoms with van der Waals surface area (Å²) in [5.41, 5.74) is 3.36. The molecule has 0 saturated carbocycles. The first kappa shape index (κ1) is 17.4. The molecule has 4 nitrogen and oxygen atoms in total. The third-order valence-corrected chi connectivity index (χ3v) is 4.45. The van der Waals surface area contributed by atoms with Crippen LogP contribution in [-0.2, 0) is 0 Å². The third-order valence-electron chi connectivity index (χ3n) is 4.16. The molecule has 0 aliphatic carbocycles. The molecule has 134 valence electrons. The number of fused-ring (bicyclic) bond motifs is 1. The van der Waals surface area contributed by atoms with Crippen LogP contribution in [0.5, 0.6) is 5.75 Å². The first-order chi connectivity index (χ1) is 13.2. The fourth-order valence-electron chi connectivity index (χ4n) is 2.80. The molecule has 0 aliphatic heterocycles. The summed E-state index contributed by atoms with van der Waals surface area (Å²) in [5.74, 6) is 1.29. The van der Waals surface area contributed by atoms with Crippen molar-refractivity contribution in [2.45, 2.75) is 13.3 Å². The van der Waals surface area contributed by atoms with Crippen molar-refractivity contribution in [3.8, 4) is 28.5 Å². The highest BCUT2D eigenvalue weighted by Crippen LogP contribution is 2.30. The number of benzene rings is 2. The number of halogens is 1. The van der Waals surface area contributed by atoms with E-state index in [9.17, 15) is 0 Å². The van der Waals surface area contributed by atoms with E-state index in [0.29, 0.717) is 23.2 Å². The van der Waals surface area contributed by atoms with Crippen LogP contribution in [0.15, 0.2) is 66.9 Å². The second kappa shape index (κ2) is 7.72. The average Bonchev–Trinajstić information content (AvgIpc) is 2.72. The minimum atomic E-state index is 0.579. The molecule has 4 rings (SSSR count). The van der Waals surface area contributed by atoms with Crippen LogP contribution in [0.25, 0.3) is 33.7 Å². The van der Waals surface area contributed by atoms with Gasteiger partial charge in [0.25, 0.3) is 0 Å². The Morgan fingerprint density at radius 2 is 1.78 bits per heavy atom. The van der Waals surface area contributed by atoms with Crippen molar-refractivity contribution in [2.24, 2.45) is 0 Å². The molecule has 0 saturated heterocycles. The zero-order valence-corrected chi connectivity index (χ0v) is 15.6. The number of pyridine rings is 1. The van der Waals surface area contributed by atoms with Crippen LogP contribution in [0, 0.1) is 0 Å². The molecule has 0 atom stereocenters. The summed E-state index contributed by atoms with van der Waals surface area (Å²) in [5, 5.41) is 1.59. The lowest BCUT2D eigenvalue weighted by Gasteiger charge is -2.09. The Morgan fingerprint density at radius 1 is 0.926 bits per heavy atom. The smallest absolute Gasteiger partial charge is 0.178 e. The molecule has 0 bridgehead atoms. The normalized spacial score (nSPS) is 10.9. The van der Waals surface area contributed by atoms with Crippen molar-refractivity contribution in [2.75, 3.05) is 6.61 Å². The van der Waals surface area contributed by atoms with Gasteiger partial charge in [-0.2, -0.15) is 0 Å². The van der Waals surface area contributed by atoms with Gasteiger partial charge >= 0.3 is 0 Å². The van der Waals surface area contributed by atoms with Crippen LogP contribution in [0.3, 0.4) is 0 Å². The molecule has 0 N–H and O–H groups in total. The SMILES string of the molecule is CCCOc1ccc(-c2cccc(-c3ncc4ccccc4n3)n2)cc1Cl. The van der Waals surface area contributed by atoms with E-state index >= 15 is 0 Å². The van der Waals surface area contributed by atoms with Gasteiger partial charge in [0.05, 0.1) is 22.8 Å². The molecule has 27 heavy (non-hydrogen) atoms. The molecule has 0 amide bonds. The van der Waals surface area contributed by atoms with Crippen LogP contribution in [-0.4, -0.2) is 21.6 Å². The minimum absolute atomic E-state index is 0.579. The quantitative estimate of drug-likeness (QED) is 0.442. The van der Waals surface area contributed by atoms with E-state index in [-0.39, 0.29) is 0 Å². The number of para-hydroxylation sites is 1. The predicted molar refractivity (Wildman–Crippen MR) is 109 cm³/mol. The van der Waals surface area contributed by atoms with Gasteiger partial charge in [-0.25, -0.2) is 15.0 Å². The van der Waals surface area contributed by atoms with E-state index in [0.717, 1.165) is 34.3 Å². The topological polar surface area (TPSA) is 47.9 Å². The monoisotopic (exact) mass is 375 g/mol. The molecule has 0 radical (unpaired) electrons. The maximum Gasteiger partial charge on any atom is 0.178 e. The Hall–Kier alpha value is -2.98. The minimum Gasteiger partial charge on any atom is -0.492 e. The van der Waals surface area contributed by atoms with Crippen molar-refractivity contribution in [3.05, 3.63) is 71.9 Å². The van der Waals surface area contributed by atoms with Crippen molar-refractivity contribution in [1.29, 1.82) is 0 Å². The third kappa shape index (κ3) is 3.76. The number of aromatic nitrogens is 3. The Bertz CT molecular complexity index is 1100. The number of nitrogens with zero attached hydrogens (tertiary/aromatic N) is 3. The van der Waals surface area contributed by atoms with E-state index in [1.165, 1.54) is 0 Å². The zero-order valence-electron chi connectivity index (χ0n) is 14.9. The highest BCUT2D eigenvalue weighted by Gasteiger charge is 2.09. The van der Waals surface area contributed by atoms with E-state index in [4.69, 9.17) is 21.3 Å². The number of ether oxygens (including phenoxy) is 1. The van der Waals surface area contributed by atoms with Gasteiger partial charge in [-0.3, -0.25) is 0 Å². The molecular formula is C22H18ClN3O. The second-order valence-electron chi connectivity index (χ2n) is 6.15. The van der Waals surface area contributed by atoms with Gasteiger partial charge in [0.2, 0.25) is 0 Å². The molecule has 0 aliphatic rings. The van der Waals surface area contributed by atoms with E-state index in [1.807, 2.05) is 66.9 Å². The van der Waals surface area contributed by atoms with E-state index in [1.54, 1.807) is 0 Å². The average molecular weight is 376 g/mol. The molecule has 4 aromatic rings. The Kier molecular flexibility index (Phi) is 4.99. The van der Waals surface area contributed by atoms with Crippen molar-refractivity contribution in [1.82, 2.24) is 15.0 Å². The molecule has 2 aromatic heterocycles. The summed E-state index contributed by atoms with van der Waals surface area (Å²) in [6, 6.07) is 19.4. The van der Waals surface area contributed by atoms with Crippen molar-refractivity contribution in [3.63, 3.8) is 0 Å². The molecule has 2 aromatic carbocycles. The molecule has 5 heteroatoms. The maximum absolute atomic E-state index is 6.36. The van der Waals surface area contributed by atoms with Crippen LogP contribution < -0.4 is 4.74 Å². The van der Waals surface area contributed by atoms with Crippen LogP contribution in [0.2, 0.25) is 5.02 Å². The summed E-state index contributed by atoms with van der Waals surface area (Å²) < 4.78 is 5.64. The Labute approximate surface area is 162 Å². The van der Waals surface area contributed by atoms with Crippen LogP contribution in [0.4, 0.5) is 0 Å². The molecular weight excluding hydrogens is 358 g/mol. The van der Waals surface area contributed by atoms with E-state index in [2.05, 4.69) is 16.9 Å². The molecule has 0 fully saturated rings. The summed E-state index contributed by atoms with van der Waals surface area (Å²) in [6.07, 6.45) is 2.76. The number of hydrogen-bond donors (Lipinski definition) is 0.